The van der Waals surface area contributed by atoms with E-state index in [1.54, 1.807) is 19.2 Å². The maximum absolute atomic E-state index is 13.9. The number of piperazine rings is 1. The maximum Gasteiger partial charge on any atom is 0.338 e. The van der Waals surface area contributed by atoms with Crippen LogP contribution < -0.4 is 10.6 Å². The predicted octanol–water partition coefficient (Wildman–Crippen LogP) is 2.66. The van der Waals surface area contributed by atoms with E-state index < -0.39 is 17.8 Å². The van der Waals surface area contributed by atoms with E-state index in [1.165, 1.54) is 23.5 Å². The summed E-state index contributed by atoms with van der Waals surface area (Å²) in [5.74, 6) is -0.326. The fourth-order valence-electron chi connectivity index (χ4n) is 4.60. The summed E-state index contributed by atoms with van der Waals surface area (Å²) in [5.41, 5.74) is 1.69. The molecule has 0 saturated carbocycles. The second-order valence-corrected chi connectivity index (χ2v) is 10.1. The van der Waals surface area contributed by atoms with Gasteiger partial charge in [-0.1, -0.05) is 22.0 Å². The first-order valence-corrected chi connectivity index (χ1v) is 13.0. The molecule has 2 fully saturated rings. The summed E-state index contributed by atoms with van der Waals surface area (Å²) in [6.07, 6.45) is 1.70. The number of benzene rings is 1. The van der Waals surface area contributed by atoms with Crippen LogP contribution in [-0.4, -0.2) is 78.0 Å². The second kappa shape index (κ2) is 10.0. The van der Waals surface area contributed by atoms with Gasteiger partial charge in [-0.05, 0) is 24.6 Å². The van der Waals surface area contributed by atoms with Gasteiger partial charge in [0, 0.05) is 54.5 Å². The van der Waals surface area contributed by atoms with Crippen LogP contribution in [0.25, 0.3) is 0 Å². The number of halogens is 2. The summed E-state index contributed by atoms with van der Waals surface area (Å²) in [5, 5.41) is 8.77. The number of thiazole rings is 1. The fraction of sp³-hybridized carbons (Fsp3) is 0.391. The highest BCUT2D eigenvalue weighted by atomic mass is 79.9. The van der Waals surface area contributed by atoms with Crippen molar-refractivity contribution in [1.82, 2.24) is 25.4 Å². The Bertz CT molecular complexity index is 1200. The summed E-state index contributed by atoms with van der Waals surface area (Å²) in [4.78, 5) is 38.6. The summed E-state index contributed by atoms with van der Waals surface area (Å²) in [6, 6.07) is 3.69. The zero-order chi connectivity index (χ0) is 24.5. The molecule has 0 radical (unpaired) electrons. The molecule has 0 bridgehead atoms. The number of carbonyl (C=O) groups is 2. The number of amidine groups is 1. The van der Waals surface area contributed by atoms with Crippen molar-refractivity contribution in [2.45, 2.75) is 19.0 Å². The Labute approximate surface area is 214 Å². The van der Waals surface area contributed by atoms with E-state index in [9.17, 15) is 14.0 Å². The van der Waals surface area contributed by atoms with Gasteiger partial charge in [-0.3, -0.25) is 9.89 Å². The lowest BCUT2D eigenvalue weighted by Crippen LogP contribution is -2.53. The molecule has 12 heteroatoms. The van der Waals surface area contributed by atoms with Crippen molar-refractivity contribution < 1.29 is 18.7 Å². The van der Waals surface area contributed by atoms with Crippen molar-refractivity contribution in [1.29, 1.82) is 0 Å². The van der Waals surface area contributed by atoms with E-state index in [4.69, 9.17) is 9.73 Å². The molecular formula is C23H24BrFN6O3S. The number of aromatic nitrogens is 1. The Kier molecular flexibility index (Phi) is 6.85. The molecule has 184 valence electrons. The summed E-state index contributed by atoms with van der Waals surface area (Å²) < 4.78 is 19.8. The molecule has 1 aromatic carbocycles. The third-order valence-electron chi connectivity index (χ3n) is 6.21. The summed E-state index contributed by atoms with van der Waals surface area (Å²) >= 11 is 4.88. The van der Waals surface area contributed by atoms with Crippen LogP contribution in [-0.2, 0) is 9.53 Å². The van der Waals surface area contributed by atoms with E-state index in [1.807, 2.05) is 10.3 Å². The Hall–Kier alpha value is -2.83. The zero-order valence-electron chi connectivity index (χ0n) is 19.0. The van der Waals surface area contributed by atoms with E-state index in [0.29, 0.717) is 64.9 Å². The average Bonchev–Trinajstić information content (AvgIpc) is 3.49. The normalized spacial score (nSPS) is 22.4. The number of rotatable bonds is 6. The van der Waals surface area contributed by atoms with Gasteiger partial charge in [0.15, 0.2) is 10.8 Å². The van der Waals surface area contributed by atoms with E-state index in [-0.39, 0.29) is 18.7 Å². The smallest absolute Gasteiger partial charge is 0.338 e. The van der Waals surface area contributed by atoms with Gasteiger partial charge in [-0.2, -0.15) is 0 Å². The monoisotopic (exact) mass is 562 g/mol. The zero-order valence-corrected chi connectivity index (χ0v) is 21.4. The van der Waals surface area contributed by atoms with Crippen molar-refractivity contribution >= 4 is 45.1 Å². The van der Waals surface area contributed by atoms with Crippen LogP contribution in [0.2, 0.25) is 0 Å². The van der Waals surface area contributed by atoms with Gasteiger partial charge in [0.25, 0.3) is 0 Å². The number of fused-ring (bicyclic) bond motifs is 1. The number of nitrogens with zero attached hydrogens (tertiary/aromatic N) is 4. The third-order valence-corrected chi connectivity index (χ3v) is 7.68. The molecule has 2 aromatic rings. The Morgan fingerprint density at radius 1 is 1.37 bits per heavy atom. The molecule has 0 aliphatic carbocycles. The minimum Gasteiger partial charge on any atom is -0.463 e. The summed E-state index contributed by atoms with van der Waals surface area (Å²) in [7, 11) is 0. The molecule has 2 saturated heterocycles. The lowest BCUT2D eigenvalue weighted by molar-refractivity contribution is -0.139. The van der Waals surface area contributed by atoms with Crippen LogP contribution in [0.5, 0.6) is 0 Å². The van der Waals surface area contributed by atoms with Crippen molar-refractivity contribution in [3.8, 4) is 0 Å². The van der Waals surface area contributed by atoms with Gasteiger partial charge in [0.1, 0.15) is 11.9 Å². The third kappa shape index (κ3) is 4.82. The number of urea groups is 1. The maximum atomic E-state index is 13.9. The van der Waals surface area contributed by atoms with Crippen molar-refractivity contribution in [3.05, 3.63) is 61.9 Å². The molecule has 9 nitrogen and oxygen atoms in total. The van der Waals surface area contributed by atoms with Crippen molar-refractivity contribution in [2.75, 3.05) is 39.3 Å². The van der Waals surface area contributed by atoms with Crippen LogP contribution in [0.3, 0.4) is 0 Å². The largest absolute Gasteiger partial charge is 0.463 e. The Balaban J connectivity index is 1.54. The van der Waals surface area contributed by atoms with E-state index in [0.717, 1.165) is 0 Å². The Morgan fingerprint density at radius 3 is 2.97 bits per heavy atom. The molecule has 1 aromatic heterocycles. The SMILES string of the molecule is CCOC(=O)C1=C(CN2CCN3C(=O)NC[C@H]3C2)NC(c2nccs2)=N[C@H]1c1ccc(F)cc1Br. The highest BCUT2D eigenvalue weighted by molar-refractivity contribution is 9.10. The number of nitrogens with one attached hydrogen (secondary N) is 2. The highest BCUT2D eigenvalue weighted by Gasteiger charge is 2.38. The van der Waals surface area contributed by atoms with E-state index >= 15 is 0 Å². The molecule has 0 unspecified atom stereocenters. The number of hydrogen-bond donors (Lipinski definition) is 2. The lowest BCUT2D eigenvalue weighted by atomic mass is 9.95. The fourth-order valence-corrected chi connectivity index (χ4v) is 5.76. The van der Waals surface area contributed by atoms with Crippen LogP contribution in [0, 0.1) is 5.82 Å². The van der Waals surface area contributed by atoms with Gasteiger partial charge >= 0.3 is 12.0 Å². The number of hydrogen-bond acceptors (Lipinski definition) is 8. The minimum absolute atomic E-state index is 0.0312. The molecule has 2 N–H and O–H groups in total. The lowest BCUT2D eigenvalue weighted by Gasteiger charge is -2.38. The number of aliphatic imine (C=N–C) groups is 1. The standard InChI is InChI=1S/C23H24BrFN6O3S/c1-2-34-22(32)18-17(12-30-6-7-31-14(11-30)10-27-23(31)33)28-20(21-26-5-8-35-21)29-19(18)15-4-3-13(25)9-16(15)24/h3-5,8-9,14,19H,2,6-7,10-12H2,1H3,(H,27,33)(H,28,29)/t14-,19-/m0/s1. The van der Waals surface area contributed by atoms with Crippen LogP contribution in [0.15, 0.2) is 50.5 Å². The molecule has 3 aliphatic rings. The van der Waals surface area contributed by atoms with Crippen LogP contribution in [0.4, 0.5) is 9.18 Å². The molecule has 5 rings (SSSR count). The van der Waals surface area contributed by atoms with Gasteiger partial charge < -0.3 is 20.3 Å². The first kappa shape index (κ1) is 23.9. The van der Waals surface area contributed by atoms with Crippen LogP contribution in [0.1, 0.15) is 23.5 Å². The first-order valence-electron chi connectivity index (χ1n) is 11.3. The average molecular weight is 563 g/mol. The molecule has 35 heavy (non-hydrogen) atoms. The molecule has 0 spiro atoms. The quantitative estimate of drug-likeness (QED) is 0.525. The predicted molar refractivity (Wildman–Crippen MR) is 133 cm³/mol. The van der Waals surface area contributed by atoms with Crippen LogP contribution >= 0.6 is 27.3 Å². The van der Waals surface area contributed by atoms with Crippen molar-refractivity contribution in [3.63, 3.8) is 0 Å². The molecule has 3 aliphatic heterocycles. The molecule has 2 amide bonds. The first-order chi connectivity index (χ1) is 16.9. The number of amides is 2. The Morgan fingerprint density at radius 2 is 2.23 bits per heavy atom. The molecule has 2 atom stereocenters. The highest BCUT2D eigenvalue weighted by Crippen LogP contribution is 2.37. The van der Waals surface area contributed by atoms with Gasteiger partial charge in [-0.15, -0.1) is 11.3 Å². The number of esters is 1. The topological polar surface area (TPSA) is 99.2 Å². The minimum atomic E-state index is -0.713. The number of carbonyl (C=O) groups excluding carboxylic acids is 2. The molecular weight excluding hydrogens is 539 g/mol. The van der Waals surface area contributed by atoms with Gasteiger partial charge in [0.05, 0.1) is 18.2 Å². The van der Waals surface area contributed by atoms with Gasteiger partial charge in [0.2, 0.25) is 0 Å². The second-order valence-electron chi connectivity index (χ2n) is 8.39. The molecule has 4 heterocycles. The van der Waals surface area contributed by atoms with Crippen molar-refractivity contribution in [2.24, 2.45) is 4.99 Å². The van der Waals surface area contributed by atoms with Gasteiger partial charge in [-0.25, -0.2) is 19.0 Å². The number of ether oxygens (including phenoxy) is 1. The van der Waals surface area contributed by atoms with E-state index in [2.05, 4.69) is 36.4 Å². The summed E-state index contributed by atoms with van der Waals surface area (Å²) in [6.45, 7) is 4.96.